The predicted molar refractivity (Wildman–Crippen MR) is 60.4 cm³/mol. The van der Waals surface area contributed by atoms with Crippen LogP contribution in [-0.4, -0.2) is 21.3 Å². The van der Waals surface area contributed by atoms with Gasteiger partial charge in [0, 0.05) is 18.8 Å². The van der Waals surface area contributed by atoms with Crippen LogP contribution in [0.5, 0.6) is 0 Å². The van der Waals surface area contributed by atoms with Gasteiger partial charge in [0.1, 0.15) is 0 Å². The molecular weight excluding hydrogens is 283 g/mol. The van der Waals surface area contributed by atoms with E-state index in [4.69, 9.17) is 0 Å². The van der Waals surface area contributed by atoms with Gasteiger partial charge in [-0.1, -0.05) is 0 Å². The van der Waals surface area contributed by atoms with Crippen molar-refractivity contribution >= 4 is 5.82 Å². The van der Waals surface area contributed by atoms with Crippen LogP contribution in [-0.2, 0) is 6.18 Å². The lowest BCUT2D eigenvalue weighted by Crippen LogP contribution is -2.11. The van der Waals surface area contributed by atoms with Crippen LogP contribution >= 0.6 is 0 Å². The molecule has 0 aromatic carbocycles. The van der Waals surface area contributed by atoms with E-state index < -0.39 is 29.3 Å². The van der Waals surface area contributed by atoms with Crippen molar-refractivity contribution in [2.24, 2.45) is 0 Å². The van der Waals surface area contributed by atoms with E-state index in [0.717, 1.165) is 6.20 Å². The number of pyridine rings is 1. The zero-order chi connectivity index (χ0) is 14.9. The van der Waals surface area contributed by atoms with Gasteiger partial charge in [0.2, 0.25) is 0 Å². The number of halogens is 5. The summed E-state index contributed by atoms with van der Waals surface area (Å²) < 4.78 is 64.8. The van der Waals surface area contributed by atoms with Gasteiger partial charge >= 0.3 is 6.18 Å². The van der Waals surface area contributed by atoms with Crippen LogP contribution in [0.4, 0.5) is 27.8 Å². The van der Waals surface area contributed by atoms with Crippen LogP contribution in [0.2, 0.25) is 0 Å². The van der Waals surface area contributed by atoms with Gasteiger partial charge in [0.05, 0.1) is 0 Å². The van der Waals surface area contributed by atoms with Crippen molar-refractivity contribution in [2.75, 3.05) is 11.9 Å². The summed E-state index contributed by atoms with van der Waals surface area (Å²) in [5, 5.41) is 5.72. The Balaban J connectivity index is 2.47. The molecule has 0 saturated heterocycles. The lowest BCUT2D eigenvalue weighted by Gasteiger charge is -2.08. The molecular formula is C11H9F5N4. The maximum absolute atomic E-state index is 13.6. The molecule has 0 unspecified atom stereocenters. The highest BCUT2D eigenvalue weighted by Crippen LogP contribution is 2.28. The van der Waals surface area contributed by atoms with Crippen LogP contribution in [0.25, 0.3) is 5.82 Å². The Labute approximate surface area is 110 Å². The Morgan fingerprint density at radius 1 is 1.25 bits per heavy atom. The third-order valence-electron chi connectivity index (χ3n) is 2.35. The summed E-state index contributed by atoms with van der Waals surface area (Å²) in [6.07, 6.45) is -3.74. The molecule has 0 aliphatic rings. The summed E-state index contributed by atoms with van der Waals surface area (Å²) in [7, 11) is 0. The second-order valence-corrected chi connectivity index (χ2v) is 3.80. The Morgan fingerprint density at radius 2 is 1.95 bits per heavy atom. The maximum Gasteiger partial charge on any atom is 0.435 e. The second-order valence-electron chi connectivity index (χ2n) is 3.80. The molecule has 0 radical (unpaired) electrons. The maximum atomic E-state index is 13.6. The van der Waals surface area contributed by atoms with Crippen LogP contribution in [0.3, 0.4) is 0 Å². The van der Waals surface area contributed by atoms with Crippen molar-refractivity contribution in [3.05, 3.63) is 35.7 Å². The summed E-state index contributed by atoms with van der Waals surface area (Å²) in [6, 6.07) is 1.21. The average molecular weight is 292 g/mol. The zero-order valence-corrected chi connectivity index (χ0v) is 10.2. The fourth-order valence-corrected chi connectivity index (χ4v) is 1.50. The van der Waals surface area contributed by atoms with Crippen LogP contribution < -0.4 is 5.32 Å². The standard InChI is InChI=1S/C11H9F5N4/c1-2-17-9-6(12)5-7(13)10(18-9)20-4-3-8(19-20)11(14,15)16/h3-5H,2H2,1H3,(H,17,18). The number of aromatic nitrogens is 3. The molecule has 4 nitrogen and oxygen atoms in total. The molecule has 0 amide bonds. The molecule has 20 heavy (non-hydrogen) atoms. The summed E-state index contributed by atoms with van der Waals surface area (Å²) >= 11 is 0. The minimum Gasteiger partial charge on any atom is -0.368 e. The molecule has 0 fully saturated rings. The van der Waals surface area contributed by atoms with E-state index in [2.05, 4.69) is 15.4 Å². The van der Waals surface area contributed by atoms with Gasteiger partial charge in [0.25, 0.3) is 0 Å². The Hall–Kier alpha value is -2.19. The van der Waals surface area contributed by atoms with Gasteiger partial charge < -0.3 is 5.32 Å². The molecule has 0 spiro atoms. The van der Waals surface area contributed by atoms with E-state index in [1.54, 1.807) is 6.92 Å². The van der Waals surface area contributed by atoms with Gasteiger partial charge in [-0.05, 0) is 13.0 Å². The molecule has 9 heteroatoms. The normalized spacial score (nSPS) is 11.7. The fourth-order valence-electron chi connectivity index (χ4n) is 1.50. The first kappa shape index (κ1) is 14.2. The minimum absolute atomic E-state index is 0.257. The van der Waals surface area contributed by atoms with E-state index in [-0.39, 0.29) is 5.82 Å². The van der Waals surface area contributed by atoms with Crippen molar-refractivity contribution in [1.82, 2.24) is 14.8 Å². The van der Waals surface area contributed by atoms with Crippen molar-refractivity contribution in [3.8, 4) is 5.82 Å². The molecule has 2 aromatic rings. The average Bonchev–Trinajstić information content (AvgIpc) is 2.81. The Bertz CT molecular complexity index is 620. The highest BCUT2D eigenvalue weighted by Gasteiger charge is 2.34. The molecule has 2 heterocycles. The summed E-state index contributed by atoms with van der Waals surface area (Å²) in [4.78, 5) is 3.60. The predicted octanol–water partition coefficient (Wildman–Crippen LogP) is 3.00. The van der Waals surface area contributed by atoms with E-state index >= 15 is 0 Å². The molecule has 0 bridgehead atoms. The Morgan fingerprint density at radius 3 is 2.50 bits per heavy atom. The number of hydrogen-bond acceptors (Lipinski definition) is 3. The van der Waals surface area contributed by atoms with Gasteiger partial charge in [-0.2, -0.15) is 18.3 Å². The van der Waals surface area contributed by atoms with Crippen LogP contribution in [0, 0.1) is 11.6 Å². The van der Waals surface area contributed by atoms with Gasteiger partial charge in [0.15, 0.2) is 29.0 Å². The van der Waals surface area contributed by atoms with Gasteiger partial charge in [-0.25, -0.2) is 18.4 Å². The van der Waals surface area contributed by atoms with Gasteiger partial charge in [-0.15, -0.1) is 0 Å². The van der Waals surface area contributed by atoms with E-state index in [1.165, 1.54) is 0 Å². The molecule has 0 saturated carbocycles. The molecule has 0 aliphatic heterocycles. The highest BCUT2D eigenvalue weighted by molar-refractivity contribution is 5.42. The summed E-state index contributed by atoms with van der Waals surface area (Å²) in [5.74, 6) is -2.82. The minimum atomic E-state index is -4.65. The van der Waals surface area contributed by atoms with E-state index in [0.29, 0.717) is 23.4 Å². The number of anilines is 1. The van der Waals surface area contributed by atoms with Crippen LogP contribution in [0.15, 0.2) is 18.3 Å². The van der Waals surface area contributed by atoms with Crippen molar-refractivity contribution in [2.45, 2.75) is 13.1 Å². The number of nitrogens with zero attached hydrogens (tertiary/aromatic N) is 3. The molecule has 1 N–H and O–H groups in total. The SMILES string of the molecule is CCNc1nc(-n2ccc(C(F)(F)F)n2)c(F)cc1F. The highest BCUT2D eigenvalue weighted by atomic mass is 19.4. The lowest BCUT2D eigenvalue weighted by atomic mass is 10.4. The fraction of sp³-hybridized carbons (Fsp3) is 0.273. The number of rotatable bonds is 3. The molecule has 2 aromatic heterocycles. The van der Waals surface area contributed by atoms with Crippen molar-refractivity contribution < 1.29 is 22.0 Å². The number of hydrogen-bond donors (Lipinski definition) is 1. The largest absolute Gasteiger partial charge is 0.435 e. The molecule has 108 valence electrons. The zero-order valence-electron chi connectivity index (χ0n) is 10.2. The van der Waals surface area contributed by atoms with Crippen molar-refractivity contribution in [1.29, 1.82) is 0 Å². The second kappa shape index (κ2) is 5.06. The first-order valence-corrected chi connectivity index (χ1v) is 5.56. The monoisotopic (exact) mass is 292 g/mol. The topological polar surface area (TPSA) is 42.7 Å². The first-order chi connectivity index (χ1) is 9.32. The van der Waals surface area contributed by atoms with Gasteiger partial charge in [-0.3, -0.25) is 0 Å². The third-order valence-corrected chi connectivity index (χ3v) is 2.35. The summed E-state index contributed by atoms with van der Waals surface area (Å²) in [6.45, 7) is 1.99. The van der Waals surface area contributed by atoms with Crippen LogP contribution in [0.1, 0.15) is 12.6 Å². The quantitative estimate of drug-likeness (QED) is 0.884. The number of alkyl halides is 3. The van der Waals surface area contributed by atoms with E-state index in [1.807, 2.05) is 0 Å². The van der Waals surface area contributed by atoms with Crippen molar-refractivity contribution in [3.63, 3.8) is 0 Å². The molecule has 2 rings (SSSR count). The lowest BCUT2D eigenvalue weighted by molar-refractivity contribution is -0.141. The third kappa shape index (κ3) is 2.70. The smallest absolute Gasteiger partial charge is 0.368 e. The summed E-state index contributed by atoms with van der Waals surface area (Å²) in [5.41, 5.74) is -1.19. The first-order valence-electron chi connectivity index (χ1n) is 5.56. The Kier molecular flexibility index (Phi) is 3.60. The molecule has 0 aliphatic carbocycles. The number of nitrogens with one attached hydrogen (secondary N) is 1. The molecule has 0 atom stereocenters. The van der Waals surface area contributed by atoms with E-state index in [9.17, 15) is 22.0 Å².